The summed E-state index contributed by atoms with van der Waals surface area (Å²) in [6, 6.07) is 0.306. The Kier molecular flexibility index (Phi) is 4.56. The van der Waals surface area contributed by atoms with Gasteiger partial charge in [-0.15, -0.1) is 0 Å². The normalized spacial score (nSPS) is 10.5. The summed E-state index contributed by atoms with van der Waals surface area (Å²) in [5.41, 5.74) is 0. The van der Waals surface area contributed by atoms with Gasteiger partial charge in [0.05, 0.1) is 18.2 Å². The van der Waals surface area contributed by atoms with Gasteiger partial charge in [0.25, 0.3) is 0 Å². The summed E-state index contributed by atoms with van der Waals surface area (Å²) in [6.45, 7) is 2.89. The van der Waals surface area contributed by atoms with Gasteiger partial charge in [0.1, 0.15) is 0 Å². The molecule has 0 amide bonds. The van der Waals surface area contributed by atoms with E-state index in [0.717, 1.165) is 17.9 Å². The minimum Gasteiger partial charge on any atom is -0.467 e. The molecule has 8 heteroatoms. The second-order valence-corrected chi connectivity index (χ2v) is 4.85. The third kappa shape index (κ3) is 3.82. The van der Waals surface area contributed by atoms with Gasteiger partial charge in [-0.05, 0) is 18.2 Å². The Morgan fingerprint density at radius 1 is 1.37 bits per heavy atom. The third-order valence-electron chi connectivity index (χ3n) is 2.20. The first-order valence-electron chi connectivity index (χ1n) is 5.91. The molecule has 0 aliphatic carbocycles. The molecule has 19 heavy (non-hydrogen) atoms. The maximum atomic E-state index is 5.08. The Bertz CT molecular complexity index is 544. The average Bonchev–Trinajstić information content (AvgIpc) is 2.81. The summed E-state index contributed by atoms with van der Waals surface area (Å²) < 4.78 is 6.82. The van der Waals surface area contributed by atoms with Crippen LogP contribution in [0.15, 0.2) is 22.4 Å². The van der Waals surface area contributed by atoms with Crippen molar-refractivity contribution in [2.45, 2.75) is 23.4 Å². The van der Waals surface area contributed by atoms with E-state index < -0.39 is 0 Å². The van der Waals surface area contributed by atoms with Crippen LogP contribution < -0.4 is 10.1 Å². The number of anilines is 1. The summed E-state index contributed by atoms with van der Waals surface area (Å²) >= 11 is 1.42. The first-order chi connectivity index (χ1) is 9.21. The largest absolute Gasteiger partial charge is 0.467 e. The molecule has 102 valence electrons. The quantitative estimate of drug-likeness (QED) is 0.860. The van der Waals surface area contributed by atoms with Crippen LogP contribution in [0.4, 0.5) is 5.95 Å². The zero-order chi connectivity index (χ0) is 13.7. The molecule has 0 aliphatic rings. The molecule has 0 atom stereocenters. The van der Waals surface area contributed by atoms with Gasteiger partial charge >= 0.3 is 6.01 Å². The Hall–Kier alpha value is -1.83. The van der Waals surface area contributed by atoms with Crippen LogP contribution in [0.3, 0.4) is 0 Å². The molecule has 7 nitrogen and oxygen atoms in total. The lowest BCUT2D eigenvalue weighted by atomic mass is 10.5. The van der Waals surface area contributed by atoms with Gasteiger partial charge in [-0.1, -0.05) is 6.92 Å². The summed E-state index contributed by atoms with van der Waals surface area (Å²) in [4.78, 5) is 13.7. The van der Waals surface area contributed by atoms with E-state index in [-0.39, 0.29) is 0 Å². The van der Waals surface area contributed by atoms with E-state index in [9.17, 15) is 0 Å². The minimum atomic E-state index is 0.306. The predicted molar refractivity (Wildman–Crippen MR) is 72.5 cm³/mol. The number of methoxy groups -OCH3 is 1. The highest BCUT2D eigenvalue weighted by Gasteiger charge is 2.09. The standard InChI is InChI=1S/C11H16N6OS/c1-4-5-12-9-14-10(18-3)16-11(15-9)19-8-6-13-17(2)7-8/h6-7H,4-5H2,1-3H3,(H,12,14,15,16). The Morgan fingerprint density at radius 3 is 2.84 bits per heavy atom. The number of hydrogen-bond donors (Lipinski definition) is 1. The highest BCUT2D eigenvalue weighted by atomic mass is 32.2. The fourth-order valence-corrected chi connectivity index (χ4v) is 2.12. The van der Waals surface area contributed by atoms with Crippen LogP contribution in [0.2, 0.25) is 0 Å². The summed E-state index contributed by atoms with van der Waals surface area (Å²) in [7, 11) is 3.41. The maximum Gasteiger partial charge on any atom is 0.321 e. The fraction of sp³-hybridized carbons (Fsp3) is 0.455. The second-order valence-electron chi connectivity index (χ2n) is 3.81. The van der Waals surface area contributed by atoms with E-state index in [4.69, 9.17) is 4.74 Å². The highest BCUT2D eigenvalue weighted by molar-refractivity contribution is 7.99. The van der Waals surface area contributed by atoms with Gasteiger partial charge in [-0.25, -0.2) is 0 Å². The third-order valence-corrected chi connectivity index (χ3v) is 3.01. The van der Waals surface area contributed by atoms with Crippen molar-refractivity contribution in [3.05, 3.63) is 12.4 Å². The van der Waals surface area contributed by atoms with Crippen LogP contribution >= 0.6 is 11.8 Å². The zero-order valence-corrected chi connectivity index (χ0v) is 11.9. The Balaban J connectivity index is 2.18. The number of hydrogen-bond acceptors (Lipinski definition) is 7. The molecule has 0 unspecified atom stereocenters. The monoisotopic (exact) mass is 280 g/mol. The minimum absolute atomic E-state index is 0.306. The van der Waals surface area contributed by atoms with Crippen LogP contribution in [0, 0.1) is 0 Å². The topological polar surface area (TPSA) is 77.8 Å². The van der Waals surface area contributed by atoms with Gasteiger partial charge in [-0.2, -0.15) is 20.1 Å². The number of aryl methyl sites for hydroxylation is 1. The highest BCUT2D eigenvalue weighted by Crippen LogP contribution is 2.25. The summed E-state index contributed by atoms with van der Waals surface area (Å²) in [6.07, 6.45) is 4.67. The van der Waals surface area contributed by atoms with Crippen molar-refractivity contribution < 1.29 is 4.74 Å². The van der Waals surface area contributed by atoms with Gasteiger partial charge in [0.15, 0.2) is 0 Å². The molecule has 0 aliphatic heterocycles. The van der Waals surface area contributed by atoms with Crippen molar-refractivity contribution in [2.24, 2.45) is 7.05 Å². The first-order valence-corrected chi connectivity index (χ1v) is 6.73. The van der Waals surface area contributed by atoms with Crippen LogP contribution in [0.25, 0.3) is 0 Å². The van der Waals surface area contributed by atoms with E-state index in [2.05, 4.69) is 32.3 Å². The van der Waals surface area contributed by atoms with E-state index in [1.54, 1.807) is 10.9 Å². The number of aromatic nitrogens is 5. The second kappa shape index (κ2) is 6.37. The molecule has 2 aromatic heterocycles. The lowest BCUT2D eigenvalue weighted by Crippen LogP contribution is -2.07. The molecule has 0 aromatic carbocycles. The van der Waals surface area contributed by atoms with E-state index in [1.807, 2.05) is 13.2 Å². The number of nitrogens with zero attached hydrogens (tertiary/aromatic N) is 5. The average molecular weight is 280 g/mol. The Morgan fingerprint density at radius 2 is 2.21 bits per heavy atom. The molecule has 0 spiro atoms. The van der Waals surface area contributed by atoms with Crippen LogP contribution in [-0.2, 0) is 7.05 Å². The van der Waals surface area contributed by atoms with Crippen molar-refractivity contribution in [3.63, 3.8) is 0 Å². The zero-order valence-electron chi connectivity index (χ0n) is 11.1. The molecule has 0 saturated carbocycles. The molecule has 2 rings (SSSR count). The SMILES string of the molecule is CCCNc1nc(OC)nc(Sc2cnn(C)c2)n1. The smallest absolute Gasteiger partial charge is 0.321 e. The van der Waals surface area contributed by atoms with Crippen molar-refractivity contribution in [3.8, 4) is 6.01 Å². The molecular weight excluding hydrogens is 264 g/mol. The van der Waals surface area contributed by atoms with Gasteiger partial charge in [0.2, 0.25) is 11.1 Å². The van der Waals surface area contributed by atoms with Gasteiger partial charge in [0, 0.05) is 19.8 Å². The molecule has 0 fully saturated rings. The van der Waals surface area contributed by atoms with Crippen molar-refractivity contribution in [1.29, 1.82) is 0 Å². The molecule has 0 saturated heterocycles. The number of rotatable bonds is 6. The molecular formula is C11H16N6OS. The van der Waals surface area contributed by atoms with Gasteiger partial charge in [-0.3, -0.25) is 4.68 Å². The van der Waals surface area contributed by atoms with E-state index in [1.165, 1.54) is 18.9 Å². The Labute approximate surface area is 115 Å². The van der Waals surface area contributed by atoms with Crippen molar-refractivity contribution in [2.75, 3.05) is 19.0 Å². The van der Waals surface area contributed by atoms with Crippen molar-refractivity contribution >= 4 is 17.7 Å². The number of nitrogens with one attached hydrogen (secondary N) is 1. The molecule has 0 radical (unpaired) electrons. The maximum absolute atomic E-state index is 5.08. The molecule has 1 N–H and O–H groups in total. The lowest BCUT2D eigenvalue weighted by molar-refractivity contribution is 0.373. The van der Waals surface area contributed by atoms with Crippen LogP contribution in [0.5, 0.6) is 6.01 Å². The van der Waals surface area contributed by atoms with Gasteiger partial charge < -0.3 is 10.1 Å². The predicted octanol–water partition coefficient (Wildman–Crippen LogP) is 1.59. The van der Waals surface area contributed by atoms with E-state index >= 15 is 0 Å². The summed E-state index contributed by atoms with van der Waals surface area (Å²) in [5.74, 6) is 0.528. The van der Waals surface area contributed by atoms with E-state index in [0.29, 0.717) is 17.1 Å². The molecule has 0 bridgehead atoms. The molecule has 2 heterocycles. The van der Waals surface area contributed by atoms with Crippen molar-refractivity contribution in [1.82, 2.24) is 24.7 Å². The number of ether oxygens (including phenoxy) is 1. The van der Waals surface area contributed by atoms with Crippen LogP contribution in [0.1, 0.15) is 13.3 Å². The summed E-state index contributed by atoms with van der Waals surface area (Å²) in [5, 5.41) is 7.81. The lowest BCUT2D eigenvalue weighted by Gasteiger charge is -2.06. The first kappa shape index (κ1) is 13.6. The fourth-order valence-electron chi connectivity index (χ4n) is 1.35. The van der Waals surface area contributed by atoms with Crippen LogP contribution in [-0.4, -0.2) is 38.4 Å². The molecule has 2 aromatic rings.